The van der Waals surface area contributed by atoms with E-state index in [9.17, 15) is 50.5 Å². The zero-order chi connectivity index (χ0) is 31.6. The number of urea groups is 1. The molecule has 1 aliphatic heterocycles. The number of benzene rings is 2. The largest absolute Gasteiger partial charge is 0.430 e. The van der Waals surface area contributed by atoms with E-state index >= 15 is 0 Å². The highest BCUT2D eigenvalue weighted by atomic mass is 19.4. The fraction of sp³-hybridized carbons (Fsp3) is 0.500. The Labute approximate surface area is 242 Å². The van der Waals surface area contributed by atoms with Gasteiger partial charge < -0.3 is 25.7 Å². The van der Waals surface area contributed by atoms with Crippen LogP contribution in [-0.4, -0.2) is 82.6 Å². The second-order valence-corrected chi connectivity index (χ2v) is 10.8. The van der Waals surface area contributed by atoms with Crippen LogP contribution in [0.4, 0.5) is 41.2 Å². The summed E-state index contributed by atoms with van der Waals surface area (Å²) in [6.07, 6.45) is -9.88. The van der Waals surface area contributed by atoms with E-state index in [1.54, 1.807) is 0 Å². The lowest BCUT2D eigenvalue weighted by Gasteiger charge is -2.35. The first-order chi connectivity index (χ1) is 20.1. The standard InChI is InChI=1S/C28H31F7N4O4/c29-22-14-18(6-9-23(22)37-25(42)36-20-2-1-3-21(40)15-20)24(41)39-12-10-38(11-13-39)16-17-4-7-19(8-5-17)26(43,27(30,31)32)28(33,34)35/h4-9,14,20-21,40,43H,1-3,10-13,15-16H2,(H2,36,37,42). The SMILES string of the molecule is O=C(Nc1ccc(C(=O)N2CCN(Cc3ccc(C(O)(C(F)(F)F)C(F)(F)F)cc3)CC2)cc1F)NC1CCCC(O)C1. The average Bonchev–Trinajstić information content (AvgIpc) is 2.93. The van der Waals surface area contributed by atoms with Gasteiger partial charge >= 0.3 is 18.4 Å². The fourth-order valence-corrected chi connectivity index (χ4v) is 5.28. The predicted octanol–water partition coefficient (Wildman–Crippen LogP) is 4.52. The van der Waals surface area contributed by atoms with E-state index in [1.165, 1.54) is 17.0 Å². The summed E-state index contributed by atoms with van der Waals surface area (Å²) in [6, 6.07) is 6.14. The van der Waals surface area contributed by atoms with Crippen LogP contribution in [0, 0.1) is 5.82 Å². The summed E-state index contributed by atoms with van der Waals surface area (Å²) in [5.74, 6) is -1.26. The number of rotatable bonds is 6. The Morgan fingerprint density at radius 2 is 1.53 bits per heavy atom. The van der Waals surface area contributed by atoms with Crippen molar-refractivity contribution in [2.75, 3.05) is 31.5 Å². The van der Waals surface area contributed by atoms with Crippen LogP contribution in [0.15, 0.2) is 42.5 Å². The van der Waals surface area contributed by atoms with Gasteiger partial charge in [-0.3, -0.25) is 9.69 Å². The maximum atomic E-state index is 14.7. The molecule has 43 heavy (non-hydrogen) atoms. The van der Waals surface area contributed by atoms with Gasteiger partial charge in [0.1, 0.15) is 5.82 Å². The van der Waals surface area contributed by atoms with Crippen LogP contribution in [0.2, 0.25) is 0 Å². The number of aliphatic hydroxyl groups excluding tert-OH is 1. The molecule has 236 valence electrons. The van der Waals surface area contributed by atoms with Crippen molar-refractivity contribution in [2.45, 2.75) is 62.3 Å². The van der Waals surface area contributed by atoms with Gasteiger partial charge in [-0.25, -0.2) is 9.18 Å². The Morgan fingerprint density at radius 3 is 2.09 bits per heavy atom. The zero-order valence-corrected chi connectivity index (χ0v) is 22.8. The topological polar surface area (TPSA) is 105 Å². The zero-order valence-electron chi connectivity index (χ0n) is 22.8. The average molecular weight is 621 g/mol. The molecule has 2 atom stereocenters. The maximum absolute atomic E-state index is 14.7. The molecule has 0 aromatic heterocycles. The van der Waals surface area contributed by atoms with Crippen molar-refractivity contribution in [3.63, 3.8) is 0 Å². The smallest absolute Gasteiger partial charge is 0.393 e. The molecule has 2 aliphatic rings. The van der Waals surface area contributed by atoms with Gasteiger partial charge in [-0.15, -0.1) is 0 Å². The molecular weight excluding hydrogens is 589 g/mol. The number of halogens is 7. The van der Waals surface area contributed by atoms with E-state index in [0.717, 1.165) is 24.6 Å². The summed E-state index contributed by atoms with van der Waals surface area (Å²) >= 11 is 0. The van der Waals surface area contributed by atoms with Gasteiger partial charge in [-0.2, -0.15) is 26.3 Å². The third kappa shape index (κ3) is 7.39. The molecule has 2 unspecified atom stereocenters. The van der Waals surface area contributed by atoms with E-state index in [4.69, 9.17) is 0 Å². The molecule has 1 aliphatic carbocycles. The quantitative estimate of drug-likeness (QED) is 0.356. The summed E-state index contributed by atoms with van der Waals surface area (Å²) in [4.78, 5) is 28.5. The fourth-order valence-electron chi connectivity index (χ4n) is 5.28. The van der Waals surface area contributed by atoms with Crippen molar-refractivity contribution >= 4 is 17.6 Å². The molecular formula is C28H31F7N4O4. The molecule has 0 bridgehead atoms. The van der Waals surface area contributed by atoms with Crippen LogP contribution in [-0.2, 0) is 12.1 Å². The first kappa shape index (κ1) is 32.5. The van der Waals surface area contributed by atoms with Crippen LogP contribution in [0.25, 0.3) is 0 Å². The first-order valence-electron chi connectivity index (χ1n) is 13.6. The van der Waals surface area contributed by atoms with E-state index in [0.29, 0.717) is 50.0 Å². The monoisotopic (exact) mass is 620 g/mol. The Morgan fingerprint density at radius 1 is 0.907 bits per heavy atom. The molecule has 15 heteroatoms. The van der Waals surface area contributed by atoms with Gasteiger partial charge in [0.2, 0.25) is 0 Å². The van der Waals surface area contributed by atoms with Crippen LogP contribution in [0.3, 0.4) is 0 Å². The van der Waals surface area contributed by atoms with Crippen molar-refractivity contribution in [3.05, 3.63) is 65.0 Å². The lowest BCUT2D eigenvalue weighted by atomic mass is 9.91. The Bertz CT molecular complexity index is 1280. The van der Waals surface area contributed by atoms with Gasteiger partial charge in [-0.05, 0) is 49.4 Å². The molecule has 0 spiro atoms. The summed E-state index contributed by atoms with van der Waals surface area (Å²) < 4.78 is 93.4. The van der Waals surface area contributed by atoms with Crippen LogP contribution >= 0.6 is 0 Å². The molecule has 3 amide bonds. The normalized spacial score (nSPS) is 20.5. The van der Waals surface area contributed by atoms with Crippen LogP contribution in [0.5, 0.6) is 0 Å². The Balaban J connectivity index is 1.29. The minimum Gasteiger partial charge on any atom is -0.393 e. The van der Waals surface area contributed by atoms with Crippen molar-refractivity contribution in [2.24, 2.45) is 0 Å². The molecule has 2 aromatic carbocycles. The number of nitrogens with one attached hydrogen (secondary N) is 2. The summed E-state index contributed by atoms with van der Waals surface area (Å²) in [7, 11) is 0. The Hall–Kier alpha value is -3.43. The van der Waals surface area contributed by atoms with Crippen LogP contribution in [0.1, 0.15) is 47.2 Å². The lowest BCUT2D eigenvalue weighted by Crippen LogP contribution is -2.53. The molecule has 1 saturated carbocycles. The highest BCUT2D eigenvalue weighted by Gasteiger charge is 2.71. The third-order valence-electron chi connectivity index (χ3n) is 7.70. The molecule has 1 heterocycles. The molecule has 8 nitrogen and oxygen atoms in total. The number of amides is 3. The van der Waals surface area contributed by atoms with E-state index in [2.05, 4.69) is 10.6 Å². The number of alkyl halides is 6. The number of piperazine rings is 1. The van der Waals surface area contributed by atoms with Gasteiger partial charge in [-0.1, -0.05) is 24.3 Å². The second kappa shape index (κ2) is 12.7. The summed E-state index contributed by atoms with van der Waals surface area (Å²) in [5, 5.41) is 24.4. The molecule has 0 radical (unpaired) electrons. The maximum Gasteiger partial charge on any atom is 0.430 e. The number of hydrogen-bond acceptors (Lipinski definition) is 5. The molecule has 4 N–H and O–H groups in total. The van der Waals surface area contributed by atoms with Crippen molar-refractivity contribution in [1.82, 2.24) is 15.1 Å². The summed E-state index contributed by atoms with van der Waals surface area (Å²) in [5.41, 5.74) is -5.99. The molecule has 2 aromatic rings. The van der Waals surface area contributed by atoms with E-state index in [1.807, 2.05) is 4.90 Å². The van der Waals surface area contributed by atoms with Crippen molar-refractivity contribution in [1.29, 1.82) is 0 Å². The highest BCUT2D eigenvalue weighted by molar-refractivity contribution is 5.95. The third-order valence-corrected chi connectivity index (χ3v) is 7.70. The van der Waals surface area contributed by atoms with E-state index in [-0.39, 0.29) is 36.9 Å². The number of aliphatic hydroxyl groups is 2. The van der Waals surface area contributed by atoms with Crippen molar-refractivity contribution < 1.29 is 50.5 Å². The number of carbonyl (C=O) groups is 2. The first-order valence-corrected chi connectivity index (χ1v) is 13.6. The Kier molecular flexibility index (Phi) is 9.57. The molecule has 2 fully saturated rings. The predicted molar refractivity (Wildman–Crippen MR) is 140 cm³/mol. The molecule has 4 rings (SSSR count). The highest BCUT2D eigenvalue weighted by Crippen LogP contribution is 2.50. The van der Waals surface area contributed by atoms with Crippen molar-refractivity contribution in [3.8, 4) is 0 Å². The number of anilines is 1. The minimum absolute atomic E-state index is 0.0599. The van der Waals surface area contributed by atoms with Gasteiger partial charge in [0, 0.05) is 49.9 Å². The lowest BCUT2D eigenvalue weighted by molar-refractivity contribution is -0.376. The van der Waals surface area contributed by atoms with Gasteiger partial charge in [0.15, 0.2) is 0 Å². The second-order valence-electron chi connectivity index (χ2n) is 10.8. The van der Waals surface area contributed by atoms with Gasteiger partial charge in [0.25, 0.3) is 11.5 Å². The minimum atomic E-state index is -5.97. The van der Waals surface area contributed by atoms with Gasteiger partial charge in [0.05, 0.1) is 11.8 Å². The molecule has 1 saturated heterocycles. The number of carbonyl (C=O) groups excluding carboxylic acids is 2. The number of nitrogens with zero attached hydrogens (tertiary/aromatic N) is 2. The number of hydrogen-bond donors (Lipinski definition) is 4. The summed E-state index contributed by atoms with van der Waals surface area (Å²) in [6.45, 7) is 1.31. The van der Waals surface area contributed by atoms with E-state index < -0.39 is 47.4 Å². The van der Waals surface area contributed by atoms with Crippen LogP contribution < -0.4 is 10.6 Å².